The highest BCUT2D eigenvalue weighted by Crippen LogP contribution is 2.18. The fraction of sp³-hybridized carbons (Fsp3) is 0.900. The van der Waals surface area contributed by atoms with Gasteiger partial charge in [0.2, 0.25) is 0 Å². The van der Waals surface area contributed by atoms with Gasteiger partial charge in [-0.25, -0.2) is 4.79 Å². The van der Waals surface area contributed by atoms with Gasteiger partial charge in [-0.15, -0.1) is 0 Å². The molecule has 1 aliphatic heterocycles. The molecule has 1 saturated heterocycles. The van der Waals surface area contributed by atoms with E-state index in [1.54, 1.807) is 4.90 Å². The van der Waals surface area contributed by atoms with Crippen LogP contribution in [-0.2, 0) is 4.79 Å². The Bertz CT molecular complexity index is 299. The van der Waals surface area contributed by atoms with Crippen molar-refractivity contribution in [1.29, 1.82) is 0 Å². The topological polar surface area (TPSA) is 64.0 Å². The van der Waals surface area contributed by atoms with Crippen molar-refractivity contribution in [3.63, 3.8) is 0 Å². The van der Waals surface area contributed by atoms with Crippen LogP contribution in [0.15, 0.2) is 0 Å². The maximum atomic E-state index is 12.1. The van der Waals surface area contributed by atoms with Gasteiger partial charge in [0.1, 0.15) is 0 Å². The third kappa shape index (κ3) is 4.79. The average molecular weight is 270 g/mol. The largest absolute Gasteiger partial charge is 0.479 e. The molecular weight excluding hydrogens is 253 g/mol. The van der Waals surface area contributed by atoms with Crippen molar-refractivity contribution in [3.05, 3.63) is 0 Å². The minimum Gasteiger partial charge on any atom is -0.479 e. The number of nitrogens with zero attached hydrogens (tertiary/aromatic N) is 2. The zero-order chi connectivity index (χ0) is 14.0. The number of aliphatic hydroxyl groups is 1. The van der Waals surface area contributed by atoms with Crippen LogP contribution in [0, 0.1) is 0 Å². The second-order valence-corrected chi connectivity index (χ2v) is 4.75. The Morgan fingerprint density at radius 3 is 1.83 bits per heavy atom. The summed E-state index contributed by atoms with van der Waals surface area (Å²) in [4.78, 5) is 13.6. The van der Waals surface area contributed by atoms with Crippen LogP contribution in [0.5, 0.6) is 0 Å². The van der Waals surface area contributed by atoms with Gasteiger partial charge in [-0.05, 0) is 6.92 Å². The van der Waals surface area contributed by atoms with Crippen molar-refractivity contribution in [2.24, 2.45) is 0 Å². The predicted molar refractivity (Wildman–Crippen MR) is 57.2 cm³/mol. The molecule has 0 spiro atoms. The van der Waals surface area contributed by atoms with E-state index < -0.39 is 24.3 Å². The lowest BCUT2D eigenvalue weighted by Gasteiger charge is -2.37. The van der Waals surface area contributed by atoms with Gasteiger partial charge in [0.15, 0.2) is 5.60 Å². The third-order valence-corrected chi connectivity index (χ3v) is 2.86. The summed E-state index contributed by atoms with van der Waals surface area (Å²) >= 11 is 0. The molecule has 1 rings (SSSR count). The summed E-state index contributed by atoms with van der Waals surface area (Å²) in [6, 6.07) is 0. The van der Waals surface area contributed by atoms with Crippen LogP contribution in [0.4, 0.5) is 13.2 Å². The molecule has 1 heterocycles. The molecule has 0 saturated carbocycles. The Kier molecular flexibility index (Phi) is 4.57. The summed E-state index contributed by atoms with van der Waals surface area (Å²) < 4.78 is 36.4. The van der Waals surface area contributed by atoms with Gasteiger partial charge >= 0.3 is 12.1 Å². The van der Waals surface area contributed by atoms with Gasteiger partial charge in [-0.2, -0.15) is 13.2 Å². The molecule has 0 aromatic heterocycles. The molecule has 0 radical (unpaired) electrons. The molecule has 18 heavy (non-hydrogen) atoms. The van der Waals surface area contributed by atoms with Crippen LogP contribution >= 0.6 is 0 Å². The maximum absolute atomic E-state index is 12.1. The molecule has 5 nitrogen and oxygen atoms in total. The third-order valence-electron chi connectivity index (χ3n) is 2.86. The first-order valence-corrected chi connectivity index (χ1v) is 5.57. The number of hydrogen-bond acceptors (Lipinski definition) is 4. The van der Waals surface area contributed by atoms with Crippen LogP contribution in [-0.4, -0.2) is 77.0 Å². The number of rotatable bonds is 4. The lowest BCUT2D eigenvalue weighted by atomic mass is 10.1. The number of piperazine rings is 1. The first kappa shape index (κ1) is 15.2. The highest BCUT2D eigenvalue weighted by molar-refractivity contribution is 5.76. The van der Waals surface area contributed by atoms with E-state index >= 15 is 0 Å². The van der Waals surface area contributed by atoms with E-state index in [-0.39, 0.29) is 19.6 Å². The Hall–Kier alpha value is -0.860. The standard InChI is InChI=1S/C10H17F3N2O3/c1-9(18,8(16)17)6-14-2-4-15(5-3-14)7-10(11,12)13/h18H,2-7H2,1H3,(H,16,17). The second kappa shape index (κ2) is 5.41. The van der Waals surface area contributed by atoms with E-state index in [0.29, 0.717) is 13.1 Å². The Morgan fingerprint density at radius 2 is 1.50 bits per heavy atom. The number of β-amino-alcohol motifs (C(OH)–C–C–N with tert-alkyl or cyclic N) is 1. The van der Waals surface area contributed by atoms with E-state index in [1.807, 2.05) is 0 Å². The van der Waals surface area contributed by atoms with E-state index in [2.05, 4.69) is 0 Å². The van der Waals surface area contributed by atoms with Gasteiger partial charge in [0.25, 0.3) is 0 Å². The second-order valence-electron chi connectivity index (χ2n) is 4.75. The first-order chi connectivity index (χ1) is 8.10. The lowest BCUT2D eigenvalue weighted by Crippen LogP contribution is -2.54. The predicted octanol–water partition coefficient (Wildman–Crippen LogP) is 0.00190. The molecular formula is C10H17F3N2O3. The summed E-state index contributed by atoms with van der Waals surface area (Å²) in [6.45, 7) is 1.22. The van der Waals surface area contributed by atoms with Gasteiger partial charge in [-0.3, -0.25) is 9.80 Å². The van der Waals surface area contributed by atoms with Gasteiger partial charge in [0, 0.05) is 32.7 Å². The van der Waals surface area contributed by atoms with Crippen LogP contribution in [0.1, 0.15) is 6.92 Å². The number of alkyl halides is 3. The van der Waals surface area contributed by atoms with Gasteiger partial charge in [0.05, 0.1) is 6.54 Å². The first-order valence-electron chi connectivity index (χ1n) is 5.57. The highest BCUT2D eigenvalue weighted by atomic mass is 19.4. The zero-order valence-electron chi connectivity index (χ0n) is 10.1. The smallest absolute Gasteiger partial charge is 0.401 e. The molecule has 106 valence electrons. The Labute approximate surface area is 103 Å². The summed E-state index contributed by atoms with van der Waals surface area (Å²) in [5, 5.41) is 18.3. The van der Waals surface area contributed by atoms with E-state index in [0.717, 1.165) is 0 Å². The fourth-order valence-corrected chi connectivity index (χ4v) is 1.86. The molecule has 1 unspecified atom stereocenters. The van der Waals surface area contributed by atoms with Crippen LogP contribution in [0.3, 0.4) is 0 Å². The van der Waals surface area contributed by atoms with Crippen molar-refractivity contribution in [3.8, 4) is 0 Å². The molecule has 1 fully saturated rings. The molecule has 0 aromatic carbocycles. The number of carboxylic acid groups (broad SMARTS) is 1. The van der Waals surface area contributed by atoms with Crippen molar-refractivity contribution >= 4 is 5.97 Å². The summed E-state index contributed by atoms with van der Waals surface area (Å²) in [5.41, 5.74) is -1.87. The SMILES string of the molecule is CC(O)(CN1CCN(CC(F)(F)F)CC1)C(=O)O. The Morgan fingerprint density at radius 1 is 1.11 bits per heavy atom. The maximum Gasteiger partial charge on any atom is 0.401 e. The number of carbonyl (C=O) groups is 1. The number of aliphatic carboxylic acids is 1. The van der Waals surface area contributed by atoms with E-state index in [4.69, 9.17) is 5.11 Å². The van der Waals surface area contributed by atoms with Crippen LogP contribution in [0.25, 0.3) is 0 Å². The van der Waals surface area contributed by atoms with Crippen molar-refractivity contribution in [2.45, 2.75) is 18.7 Å². The molecule has 1 atom stereocenters. The molecule has 0 aromatic rings. The monoisotopic (exact) mass is 270 g/mol. The van der Waals surface area contributed by atoms with Gasteiger partial charge < -0.3 is 10.2 Å². The highest BCUT2D eigenvalue weighted by Gasteiger charge is 2.35. The van der Waals surface area contributed by atoms with Crippen molar-refractivity contribution in [2.75, 3.05) is 39.3 Å². The molecule has 0 amide bonds. The molecule has 8 heteroatoms. The average Bonchev–Trinajstić information content (AvgIpc) is 2.18. The molecule has 2 N–H and O–H groups in total. The number of carboxylic acids is 1. The molecule has 0 aliphatic carbocycles. The number of halogens is 3. The summed E-state index contributed by atoms with van der Waals surface area (Å²) in [7, 11) is 0. The van der Waals surface area contributed by atoms with Gasteiger partial charge in [-0.1, -0.05) is 0 Å². The lowest BCUT2D eigenvalue weighted by molar-refractivity contribution is -0.160. The fourth-order valence-electron chi connectivity index (χ4n) is 1.86. The number of hydrogen-bond donors (Lipinski definition) is 2. The summed E-state index contributed by atoms with van der Waals surface area (Å²) in [6.07, 6.45) is -4.21. The summed E-state index contributed by atoms with van der Waals surface area (Å²) in [5.74, 6) is -1.33. The quantitative estimate of drug-likeness (QED) is 0.753. The van der Waals surface area contributed by atoms with E-state index in [1.165, 1.54) is 11.8 Å². The van der Waals surface area contributed by atoms with Crippen LogP contribution in [0.2, 0.25) is 0 Å². The zero-order valence-corrected chi connectivity index (χ0v) is 10.1. The van der Waals surface area contributed by atoms with Crippen LogP contribution < -0.4 is 0 Å². The van der Waals surface area contributed by atoms with E-state index in [9.17, 15) is 23.1 Å². The molecule has 0 bridgehead atoms. The van der Waals surface area contributed by atoms with Crippen molar-refractivity contribution in [1.82, 2.24) is 9.80 Å². The minimum absolute atomic E-state index is 0.0812. The Balaban J connectivity index is 2.38. The normalized spacial score (nSPS) is 22.7. The minimum atomic E-state index is -4.21. The van der Waals surface area contributed by atoms with Crippen molar-refractivity contribution < 1.29 is 28.2 Å². The molecule has 1 aliphatic rings.